The predicted molar refractivity (Wildman–Crippen MR) is 134 cm³/mol. The van der Waals surface area contributed by atoms with Gasteiger partial charge >= 0.3 is 5.63 Å². The number of amides is 1. The van der Waals surface area contributed by atoms with Crippen LogP contribution in [0.25, 0.3) is 0 Å². The maximum absolute atomic E-state index is 13.2. The minimum absolute atomic E-state index is 0.0169. The average molecular weight is 470 g/mol. The lowest BCUT2D eigenvalue weighted by Gasteiger charge is -2.24. The Morgan fingerprint density at radius 1 is 1.39 bits per heavy atom. The van der Waals surface area contributed by atoms with E-state index in [2.05, 4.69) is 34.1 Å². The van der Waals surface area contributed by atoms with Gasteiger partial charge < -0.3 is 14.5 Å². The second-order valence-corrected chi connectivity index (χ2v) is 8.88. The number of hydrogen-bond acceptors (Lipinski definition) is 7. The van der Waals surface area contributed by atoms with Gasteiger partial charge in [-0.2, -0.15) is 0 Å². The zero-order valence-corrected chi connectivity index (χ0v) is 20.5. The summed E-state index contributed by atoms with van der Waals surface area (Å²) in [4.78, 5) is 35.0. The van der Waals surface area contributed by atoms with Gasteiger partial charge in [0, 0.05) is 24.8 Å². The third-order valence-corrected chi connectivity index (χ3v) is 6.42. The second-order valence-electron chi connectivity index (χ2n) is 7.91. The van der Waals surface area contributed by atoms with E-state index < -0.39 is 17.2 Å². The van der Waals surface area contributed by atoms with Crippen molar-refractivity contribution >= 4 is 28.4 Å². The van der Waals surface area contributed by atoms with Gasteiger partial charge in [0.15, 0.2) is 0 Å². The zero-order valence-electron chi connectivity index (χ0n) is 19.7. The van der Waals surface area contributed by atoms with Crippen LogP contribution in [0.4, 0.5) is 0 Å². The van der Waals surface area contributed by atoms with Gasteiger partial charge in [0.2, 0.25) is 5.91 Å². The Bertz CT molecular complexity index is 1060. The van der Waals surface area contributed by atoms with Crippen LogP contribution in [0.2, 0.25) is 0 Å². The molecule has 1 amide bonds. The predicted octanol–water partition coefficient (Wildman–Crippen LogP) is 3.56. The molecule has 0 aliphatic carbocycles. The first-order valence-electron chi connectivity index (χ1n) is 11.0. The summed E-state index contributed by atoms with van der Waals surface area (Å²) in [6.07, 6.45) is 13.0. The second kappa shape index (κ2) is 12.3. The number of nitrogens with zero attached hydrogens (tertiary/aromatic N) is 2. The lowest BCUT2D eigenvalue weighted by atomic mass is 10.0. The van der Waals surface area contributed by atoms with Gasteiger partial charge in [0.05, 0.1) is 17.3 Å². The molecule has 0 aromatic carbocycles. The van der Waals surface area contributed by atoms with Crippen molar-refractivity contribution in [2.45, 2.75) is 65.0 Å². The first-order valence-corrected chi connectivity index (χ1v) is 12.0. The summed E-state index contributed by atoms with van der Waals surface area (Å²) in [6.45, 7) is 8.47. The van der Waals surface area contributed by atoms with Gasteiger partial charge in [0.1, 0.15) is 28.7 Å². The van der Waals surface area contributed by atoms with Crippen molar-refractivity contribution in [3.63, 3.8) is 0 Å². The Labute approximate surface area is 199 Å². The Balaban J connectivity index is 2.32. The zero-order chi connectivity index (χ0) is 24.4. The number of hydrogen-bond donors (Lipinski definition) is 1. The van der Waals surface area contributed by atoms with Crippen LogP contribution in [-0.4, -0.2) is 41.1 Å². The van der Waals surface area contributed by atoms with Crippen LogP contribution >= 0.6 is 11.8 Å². The van der Waals surface area contributed by atoms with Crippen LogP contribution in [0.15, 0.2) is 25.3 Å². The van der Waals surface area contributed by atoms with Gasteiger partial charge in [-0.15, -0.1) is 30.5 Å². The standard InChI is InChI=1S/C25H31N3O4S/c1-7-11-18-20(31-14-10-4)15-21(32-23(18)29)19(12-8-2)27-24(30)25(6)16-33-22(28-25)17(5)26-13-9-3/h1,4,15,19H,8-9,11-14,16H2,2-3,5-6H3,(H,27,30)/b26-17+/t19-,25+/m1/s1. The number of carbonyl (C=O) groups excluding carboxylic acids is 1. The molecule has 0 bridgehead atoms. The summed E-state index contributed by atoms with van der Waals surface area (Å²) in [7, 11) is 0. The molecule has 1 aliphatic rings. The highest BCUT2D eigenvalue weighted by atomic mass is 32.2. The number of terminal acetylenes is 2. The van der Waals surface area contributed by atoms with E-state index in [4.69, 9.17) is 22.0 Å². The van der Waals surface area contributed by atoms with Crippen LogP contribution in [-0.2, 0) is 11.2 Å². The summed E-state index contributed by atoms with van der Waals surface area (Å²) in [6, 6.07) is 1.06. The first kappa shape index (κ1) is 26.3. The van der Waals surface area contributed by atoms with Crippen molar-refractivity contribution in [1.82, 2.24) is 5.32 Å². The topological polar surface area (TPSA) is 93.3 Å². The number of thioether (sulfide) groups is 1. The molecule has 8 heteroatoms. The van der Waals surface area contributed by atoms with Crippen molar-refractivity contribution in [3.8, 4) is 30.4 Å². The number of carbonyl (C=O) groups is 1. The molecule has 0 saturated carbocycles. The molecule has 0 saturated heterocycles. The van der Waals surface area contributed by atoms with Crippen molar-refractivity contribution in [3.05, 3.63) is 27.8 Å². The molecule has 0 fully saturated rings. The van der Waals surface area contributed by atoms with E-state index in [1.54, 1.807) is 13.0 Å². The number of nitrogens with one attached hydrogen (secondary N) is 1. The molecule has 2 rings (SSSR count). The Hall–Kier alpha value is -2.97. The van der Waals surface area contributed by atoms with Crippen molar-refractivity contribution in [2.75, 3.05) is 18.9 Å². The molecule has 1 aromatic rings. The van der Waals surface area contributed by atoms with Crippen LogP contribution in [0, 0.1) is 24.7 Å². The van der Waals surface area contributed by atoms with Gasteiger partial charge in [0.25, 0.3) is 0 Å². The lowest BCUT2D eigenvalue weighted by Crippen LogP contribution is -2.45. The highest BCUT2D eigenvalue weighted by Gasteiger charge is 2.40. The van der Waals surface area contributed by atoms with E-state index >= 15 is 0 Å². The molecule has 0 radical (unpaired) electrons. The van der Waals surface area contributed by atoms with E-state index in [1.807, 2.05) is 13.8 Å². The van der Waals surface area contributed by atoms with Crippen LogP contribution in [0.5, 0.6) is 5.75 Å². The Morgan fingerprint density at radius 3 is 2.79 bits per heavy atom. The average Bonchev–Trinajstić information content (AvgIpc) is 3.21. The molecule has 0 spiro atoms. The summed E-state index contributed by atoms with van der Waals surface area (Å²) >= 11 is 1.52. The smallest absolute Gasteiger partial charge is 0.343 e. The molecule has 1 aromatic heterocycles. The van der Waals surface area contributed by atoms with Crippen molar-refractivity contribution in [1.29, 1.82) is 0 Å². The van der Waals surface area contributed by atoms with E-state index in [1.165, 1.54) is 11.8 Å². The Morgan fingerprint density at radius 2 is 2.15 bits per heavy atom. The van der Waals surface area contributed by atoms with Gasteiger partial charge in [-0.3, -0.25) is 14.8 Å². The van der Waals surface area contributed by atoms with Crippen LogP contribution in [0.1, 0.15) is 64.3 Å². The van der Waals surface area contributed by atoms with E-state index in [9.17, 15) is 9.59 Å². The van der Waals surface area contributed by atoms with E-state index in [0.29, 0.717) is 17.9 Å². The van der Waals surface area contributed by atoms with Gasteiger partial charge in [-0.05, 0) is 26.7 Å². The minimum atomic E-state index is -0.943. The molecular weight excluding hydrogens is 438 g/mol. The Kier molecular flexibility index (Phi) is 9.81. The highest BCUT2D eigenvalue weighted by Crippen LogP contribution is 2.31. The normalized spacial score (nSPS) is 18.7. The third-order valence-electron chi connectivity index (χ3n) is 5.05. The van der Waals surface area contributed by atoms with E-state index in [-0.39, 0.29) is 30.2 Å². The van der Waals surface area contributed by atoms with Gasteiger partial charge in [-0.1, -0.05) is 26.2 Å². The molecular formula is C25H31N3O4S. The molecule has 2 atom stereocenters. The highest BCUT2D eigenvalue weighted by molar-refractivity contribution is 8.16. The van der Waals surface area contributed by atoms with Crippen molar-refractivity contribution in [2.24, 2.45) is 9.98 Å². The number of rotatable bonds is 11. The SMILES string of the molecule is C#CCOc1cc([C@@H](CCC)NC(=O)[C@]2(C)CSC(/C(C)=N/CCC)=N2)oc(=O)c1CC#C. The minimum Gasteiger partial charge on any atom is -0.480 e. The van der Waals surface area contributed by atoms with E-state index in [0.717, 1.165) is 30.1 Å². The molecule has 2 heterocycles. The fourth-order valence-corrected chi connectivity index (χ4v) is 4.38. The quantitative estimate of drug-likeness (QED) is 0.395. The molecule has 7 nitrogen and oxygen atoms in total. The maximum Gasteiger partial charge on any atom is 0.343 e. The molecule has 176 valence electrons. The van der Waals surface area contributed by atoms with Crippen LogP contribution in [0.3, 0.4) is 0 Å². The fraction of sp³-hybridized carbons (Fsp3) is 0.520. The summed E-state index contributed by atoms with van der Waals surface area (Å²) in [5, 5.41) is 3.79. The molecule has 1 N–H and O–H groups in total. The summed E-state index contributed by atoms with van der Waals surface area (Å²) in [5.41, 5.74) is -0.470. The fourth-order valence-electron chi connectivity index (χ4n) is 3.23. The number of ether oxygens (including phenoxy) is 1. The third kappa shape index (κ3) is 6.76. The monoisotopic (exact) mass is 469 g/mol. The van der Waals surface area contributed by atoms with Gasteiger partial charge in [-0.25, -0.2) is 4.79 Å². The largest absolute Gasteiger partial charge is 0.480 e. The van der Waals surface area contributed by atoms with Crippen molar-refractivity contribution < 1.29 is 13.9 Å². The lowest BCUT2D eigenvalue weighted by molar-refractivity contribution is -0.125. The molecule has 33 heavy (non-hydrogen) atoms. The summed E-state index contributed by atoms with van der Waals surface area (Å²) in [5.74, 6) is 5.64. The maximum atomic E-state index is 13.2. The van der Waals surface area contributed by atoms with Crippen LogP contribution < -0.4 is 15.7 Å². The first-order chi connectivity index (χ1) is 15.8. The summed E-state index contributed by atoms with van der Waals surface area (Å²) < 4.78 is 11.1. The molecule has 0 unspecified atom stereocenters. The molecule has 1 aliphatic heterocycles. The number of aliphatic imine (C=N–C) groups is 2.